The maximum Gasteiger partial charge on any atom is 0.246 e. The molecule has 77 heavy (non-hydrogen) atoms. The molecule has 2 heterocycles. The van der Waals surface area contributed by atoms with Crippen molar-refractivity contribution in [3.05, 3.63) is 71.8 Å². The molecule has 5 rings (SSSR count). The van der Waals surface area contributed by atoms with Crippen molar-refractivity contribution in [1.82, 2.24) is 42.1 Å². The second-order valence-electron chi connectivity index (χ2n) is 19.5. The van der Waals surface area contributed by atoms with E-state index in [9.17, 15) is 47.9 Å². The number of aliphatic imine (C=N–C) groups is 1. The predicted molar refractivity (Wildman–Crippen MR) is 291 cm³/mol. The lowest BCUT2D eigenvalue weighted by atomic mass is 9.85. The van der Waals surface area contributed by atoms with Gasteiger partial charge in [-0.05, 0) is 69.0 Å². The molecule has 0 radical (unpaired) electrons. The summed E-state index contributed by atoms with van der Waals surface area (Å²) in [5.74, 6) is -7.89. The maximum atomic E-state index is 14.9. The fourth-order valence-corrected chi connectivity index (χ4v) is 12.8. The van der Waals surface area contributed by atoms with Crippen LogP contribution >= 0.6 is 21.6 Å². The van der Waals surface area contributed by atoms with Crippen molar-refractivity contribution in [1.29, 1.82) is 0 Å². The number of carbonyl (C=O) groups excluding carboxylic acids is 10. The SMILES string of the molecule is NCCC[C@@H]1NC(=O)[C@@H](Cc2ccccc2)NC(=O)[C@H](Cc2ccccc2)NC(=O)CC2(CCCCC2)SSC[C@@H](C(=O)N2CCC[C@@H]2C(=O)N[C@@H](CCCN=C(N)N)C(=O)NCC(N)=O)NC(=O)[C@H](CC(N)=O)NC1=O. The number of nitrogens with zero attached hydrogens (tertiary/aromatic N) is 2. The van der Waals surface area contributed by atoms with Crippen LogP contribution in [-0.2, 0) is 60.8 Å². The molecule has 2 aliphatic heterocycles. The van der Waals surface area contributed by atoms with Crippen LogP contribution in [0.15, 0.2) is 65.7 Å². The molecule has 24 nitrogen and oxygen atoms in total. The second-order valence-corrected chi connectivity index (χ2v) is 22.3. The molecule has 0 unspecified atom stereocenters. The first-order valence-electron chi connectivity index (χ1n) is 26.0. The van der Waals surface area contributed by atoms with Gasteiger partial charge in [-0.1, -0.05) is 102 Å². The van der Waals surface area contributed by atoms with Gasteiger partial charge in [0.25, 0.3) is 0 Å². The molecule has 0 bridgehead atoms. The molecular weight excluding hydrogens is 1030 g/mol. The van der Waals surface area contributed by atoms with Crippen molar-refractivity contribution in [3.63, 3.8) is 0 Å². The third-order valence-electron chi connectivity index (χ3n) is 13.4. The summed E-state index contributed by atoms with van der Waals surface area (Å²) in [4.78, 5) is 144. The Hall–Kier alpha value is -6.93. The minimum atomic E-state index is -1.67. The average Bonchev–Trinajstić information content (AvgIpc) is 3.90. The number of guanidine groups is 1. The summed E-state index contributed by atoms with van der Waals surface area (Å²) in [6, 6.07) is 8.80. The molecule has 1 aliphatic carbocycles. The first kappa shape index (κ1) is 60.9. The first-order chi connectivity index (χ1) is 36.9. The highest BCUT2D eigenvalue weighted by Gasteiger charge is 2.42. The van der Waals surface area contributed by atoms with Crippen LogP contribution in [0.25, 0.3) is 0 Å². The molecule has 17 N–H and O–H groups in total. The molecule has 10 amide bonds. The molecule has 7 atom stereocenters. The summed E-state index contributed by atoms with van der Waals surface area (Å²) in [6.07, 6.45) is 4.02. The van der Waals surface area contributed by atoms with E-state index in [0.29, 0.717) is 24.8 Å². The molecule has 1 saturated carbocycles. The molecule has 3 aliphatic rings. The van der Waals surface area contributed by atoms with Gasteiger partial charge in [0.15, 0.2) is 5.96 Å². The van der Waals surface area contributed by atoms with E-state index in [2.05, 4.69) is 42.2 Å². The molecule has 1 spiro atoms. The van der Waals surface area contributed by atoms with E-state index in [-0.39, 0.29) is 82.7 Å². The first-order valence-corrected chi connectivity index (χ1v) is 28.3. The Morgan fingerprint density at radius 1 is 0.714 bits per heavy atom. The molecule has 0 aromatic heterocycles. The molecule has 3 fully saturated rings. The third-order valence-corrected chi connectivity index (χ3v) is 16.7. The van der Waals surface area contributed by atoms with E-state index < -0.39 is 119 Å². The van der Waals surface area contributed by atoms with Crippen LogP contribution in [0.1, 0.15) is 94.6 Å². The van der Waals surface area contributed by atoms with Gasteiger partial charge in [0.1, 0.15) is 42.3 Å². The Balaban J connectivity index is 1.51. The highest BCUT2D eigenvalue weighted by Crippen LogP contribution is 2.48. The zero-order valence-corrected chi connectivity index (χ0v) is 44.8. The number of likely N-dealkylation sites (tertiary alicyclic amines) is 1. The number of hydrogen-bond donors (Lipinski definition) is 12. The molecule has 2 saturated heterocycles. The van der Waals surface area contributed by atoms with Crippen LogP contribution in [-0.4, -0.2) is 149 Å². The fraction of sp³-hybridized carbons (Fsp3) is 0.549. The van der Waals surface area contributed by atoms with Gasteiger partial charge in [0.05, 0.1) is 13.0 Å². The van der Waals surface area contributed by atoms with Gasteiger partial charge in [-0.3, -0.25) is 52.9 Å². The lowest BCUT2D eigenvalue weighted by Crippen LogP contribution is -2.61. The standard InChI is InChI=1S/C51H74N14O10S2/c52-22-10-17-34-44(70)63-37(27-40(53)66)47(73)64-38(49(75)65-24-12-19-39(65)48(74)61-33(18-11-23-57-50(55)56)43(69)58-29-41(54)67)30-76-77-51(20-8-3-9-21-51)28-42(68)59-35(25-31-13-4-1-5-14-31)45(71)62-36(46(72)60-34)26-32-15-6-2-7-16-32/h1-2,4-7,13-16,33-39H,3,8-12,17-30,52H2,(H2,53,66)(H2,54,67)(H,58,69)(H,59,68)(H,60,72)(H,61,74)(H,62,71)(H,63,70)(H,64,73)(H4,55,56,57)/t33-,34-,35-,36+,37-,38-,39+/m0/s1. The largest absolute Gasteiger partial charge is 0.370 e. The van der Waals surface area contributed by atoms with Crippen LogP contribution < -0.4 is 65.9 Å². The highest BCUT2D eigenvalue weighted by atomic mass is 33.1. The number of amides is 10. The van der Waals surface area contributed by atoms with Crippen molar-refractivity contribution in [2.75, 3.05) is 31.9 Å². The van der Waals surface area contributed by atoms with E-state index >= 15 is 0 Å². The van der Waals surface area contributed by atoms with Crippen LogP contribution in [0, 0.1) is 0 Å². The molecule has 2 aromatic carbocycles. The summed E-state index contributed by atoms with van der Waals surface area (Å²) >= 11 is 0. The Kier molecular flexibility index (Phi) is 24.3. The van der Waals surface area contributed by atoms with Gasteiger partial charge >= 0.3 is 0 Å². The zero-order valence-electron chi connectivity index (χ0n) is 43.1. The lowest BCUT2D eigenvalue weighted by Gasteiger charge is -2.37. The van der Waals surface area contributed by atoms with Crippen molar-refractivity contribution in [2.45, 2.75) is 143 Å². The average molecular weight is 1110 g/mol. The van der Waals surface area contributed by atoms with E-state index in [1.807, 2.05) is 30.3 Å². The van der Waals surface area contributed by atoms with Gasteiger partial charge in [-0.2, -0.15) is 0 Å². The maximum absolute atomic E-state index is 14.9. The minimum Gasteiger partial charge on any atom is -0.370 e. The molecular formula is C51H74N14O10S2. The van der Waals surface area contributed by atoms with Crippen molar-refractivity contribution in [3.8, 4) is 0 Å². The Labute approximate surface area is 455 Å². The number of hydrogen-bond acceptors (Lipinski definition) is 14. The summed E-state index contributed by atoms with van der Waals surface area (Å²) in [5, 5.41) is 18.9. The number of carbonyl (C=O) groups is 10. The van der Waals surface area contributed by atoms with Crippen LogP contribution in [0.2, 0.25) is 0 Å². The molecule has 26 heteroatoms. The normalized spacial score (nSPS) is 23.1. The van der Waals surface area contributed by atoms with E-state index in [1.165, 1.54) is 26.5 Å². The van der Waals surface area contributed by atoms with Crippen LogP contribution in [0.3, 0.4) is 0 Å². The topological polar surface area (TPSA) is 401 Å². The number of primary amides is 2. The van der Waals surface area contributed by atoms with Crippen LogP contribution in [0.4, 0.5) is 0 Å². The number of benzene rings is 2. The van der Waals surface area contributed by atoms with Crippen molar-refractivity contribution >= 4 is 86.6 Å². The van der Waals surface area contributed by atoms with Gasteiger partial charge in [0, 0.05) is 42.9 Å². The Morgan fingerprint density at radius 3 is 1.90 bits per heavy atom. The van der Waals surface area contributed by atoms with Crippen LogP contribution in [0.5, 0.6) is 0 Å². The summed E-state index contributed by atoms with van der Waals surface area (Å²) in [6.45, 7) is -0.205. The molecule has 420 valence electrons. The van der Waals surface area contributed by atoms with Gasteiger partial charge in [0.2, 0.25) is 59.1 Å². The highest BCUT2D eigenvalue weighted by molar-refractivity contribution is 8.77. The summed E-state index contributed by atoms with van der Waals surface area (Å²) < 4.78 is -0.697. The fourth-order valence-electron chi connectivity index (χ4n) is 9.48. The number of nitrogens with one attached hydrogen (secondary N) is 7. The second kappa shape index (κ2) is 30.7. The van der Waals surface area contributed by atoms with Gasteiger partial charge in [-0.25, -0.2) is 0 Å². The number of nitrogens with two attached hydrogens (primary N) is 5. The third kappa shape index (κ3) is 19.9. The summed E-state index contributed by atoms with van der Waals surface area (Å²) in [5.41, 5.74) is 29.1. The summed E-state index contributed by atoms with van der Waals surface area (Å²) in [7, 11) is 2.59. The minimum absolute atomic E-state index is 0.0121. The lowest BCUT2D eigenvalue weighted by molar-refractivity contribution is -0.142. The van der Waals surface area contributed by atoms with Crippen molar-refractivity contribution < 1.29 is 47.9 Å². The van der Waals surface area contributed by atoms with Gasteiger partial charge < -0.3 is 70.8 Å². The Morgan fingerprint density at radius 2 is 1.30 bits per heavy atom. The Bertz CT molecular complexity index is 2410. The molecule has 2 aromatic rings. The quantitative estimate of drug-likeness (QED) is 0.0317. The van der Waals surface area contributed by atoms with E-state index in [1.54, 1.807) is 30.3 Å². The zero-order chi connectivity index (χ0) is 55.9. The van der Waals surface area contributed by atoms with E-state index in [0.717, 1.165) is 24.8 Å². The van der Waals surface area contributed by atoms with Crippen molar-refractivity contribution in [2.24, 2.45) is 33.7 Å². The predicted octanol–water partition coefficient (Wildman–Crippen LogP) is -1.87. The van der Waals surface area contributed by atoms with E-state index in [4.69, 9.17) is 28.7 Å². The smallest absolute Gasteiger partial charge is 0.246 e. The van der Waals surface area contributed by atoms with Gasteiger partial charge in [-0.15, -0.1) is 0 Å². The monoisotopic (exact) mass is 1110 g/mol. The number of rotatable bonds is 19.